The highest BCUT2D eigenvalue weighted by Gasteiger charge is 2.55. The van der Waals surface area contributed by atoms with Gasteiger partial charge in [-0.1, -0.05) is 0 Å². The van der Waals surface area contributed by atoms with Gasteiger partial charge in [0.2, 0.25) is 0 Å². The normalized spacial score (nSPS) is 42.8. The predicted octanol–water partition coefficient (Wildman–Crippen LogP) is 2.13. The Balaban J connectivity index is 1.67. The first-order chi connectivity index (χ1) is 8.22. The van der Waals surface area contributed by atoms with Crippen LogP contribution in [0.15, 0.2) is 0 Å². The first kappa shape index (κ1) is 11.5. The van der Waals surface area contributed by atoms with Crippen molar-refractivity contribution in [2.75, 3.05) is 13.2 Å². The Morgan fingerprint density at radius 1 is 1.12 bits per heavy atom. The van der Waals surface area contributed by atoms with E-state index in [1.165, 1.54) is 19.3 Å². The molecule has 4 saturated carbocycles. The van der Waals surface area contributed by atoms with E-state index in [4.69, 9.17) is 9.84 Å². The van der Waals surface area contributed by atoms with Crippen molar-refractivity contribution in [3.8, 4) is 0 Å². The number of rotatable bonds is 4. The van der Waals surface area contributed by atoms with Crippen molar-refractivity contribution in [2.45, 2.75) is 44.9 Å². The highest BCUT2D eigenvalue weighted by atomic mass is 16.5. The van der Waals surface area contributed by atoms with Crippen LogP contribution in [0.1, 0.15) is 44.9 Å². The van der Waals surface area contributed by atoms with Gasteiger partial charge in [0.25, 0.3) is 0 Å². The van der Waals surface area contributed by atoms with Gasteiger partial charge in [0, 0.05) is 13.0 Å². The summed E-state index contributed by atoms with van der Waals surface area (Å²) >= 11 is 0. The Kier molecular flexibility index (Phi) is 2.89. The molecule has 0 aliphatic heterocycles. The molecule has 0 heterocycles. The minimum atomic E-state index is -0.135. The third-order valence-electron chi connectivity index (χ3n) is 5.01. The summed E-state index contributed by atoms with van der Waals surface area (Å²) in [6.07, 6.45) is 7.82. The summed E-state index contributed by atoms with van der Waals surface area (Å²) in [5.74, 6) is 2.38. The van der Waals surface area contributed by atoms with Gasteiger partial charge in [-0.25, -0.2) is 0 Å². The van der Waals surface area contributed by atoms with E-state index in [9.17, 15) is 4.79 Å². The number of carbonyl (C=O) groups is 1. The summed E-state index contributed by atoms with van der Waals surface area (Å²) in [5.41, 5.74) is -0.135. The van der Waals surface area contributed by atoms with Crippen LogP contribution in [0.5, 0.6) is 0 Å². The van der Waals surface area contributed by atoms with Crippen molar-refractivity contribution in [3.05, 3.63) is 0 Å². The van der Waals surface area contributed by atoms with Gasteiger partial charge < -0.3 is 9.84 Å². The molecule has 0 saturated heterocycles. The maximum Gasteiger partial charge on any atom is 0.312 e. The van der Waals surface area contributed by atoms with Crippen LogP contribution in [0, 0.1) is 23.2 Å². The number of carbonyl (C=O) groups excluding carboxylic acids is 1. The lowest BCUT2D eigenvalue weighted by atomic mass is 9.49. The summed E-state index contributed by atoms with van der Waals surface area (Å²) in [6, 6.07) is 0. The number of aliphatic hydroxyl groups is 1. The number of aliphatic hydroxyl groups excluding tert-OH is 1. The lowest BCUT2D eigenvalue weighted by Gasteiger charge is -2.55. The van der Waals surface area contributed by atoms with E-state index in [-0.39, 0.29) is 18.0 Å². The molecule has 4 aliphatic carbocycles. The van der Waals surface area contributed by atoms with Crippen molar-refractivity contribution in [3.63, 3.8) is 0 Å². The van der Waals surface area contributed by atoms with Gasteiger partial charge in [-0.15, -0.1) is 0 Å². The standard InChI is InChI=1S/C14H22O3/c15-2-1-3-17-13(16)14-7-10-4-11(8-14)6-12(5-10)9-14/h10-12,15H,1-9H2. The van der Waals surface area contributed by atoms with Crippen LogP contribution in [0.4, 0.5) is 0 Å². The van der Waals surface area contributed by atoms with Crippen LogP contribution < -0.4 is 0 Å². The second-order valence-corrected chi connectivity index (χ2v) is 6.41. The summed E-state index contributed by atoms with van der Waals surface area (Å²) in [5, 5.41) is 8.72. The van der Waals surface area contributed by atoms with Gasteiger partial charge >= 0.3 is 5.97 Å². The molecule has 0 aromatic heterocycles. The van der Waals surface area contributed by atoms with Gasteiger partial charge in [-0.3, -0.25) is 4.79 Å². The molecule has 0 amide bonds. The molecule has 0 unspecified atom stereocenters. The molecule has 0 spiro atoms. The molecular formula is C14H22O3. The number of ether oxygens (including phenoxy) is 1. The van der Waals surface area contributed by atoms with Crippen LogP contribution in [-0.2, 0) is 9.53 Å². The Hall–Kier alpha value is -0.570. The smallest absolute Gasteiger partial charge is 0.312 e. The minimum absolute atomic E-state index is 0.0325. The number of hydrogen-bond acceptors (Lipinski definition) is 3. The molecule has 17 heavy (non-hydrogen) atoms. The molecule has 4 rings (SSSR count). The third kappa shape index (κ3) is 1.99. The molecule has 3 nitrogen and oxygen atoms in total. The molecule has 96 valence electrons. The van der Waals surface area contributed by atoms with E-state index in [1.54, 1.807) is 0 Å². The molecule has 4 bridgehead atoms. The van der Waals surface area contributed by atoms with E-state index in [0.29, 0.717) is 13.0 Å². The fraction of sp³-hybridized carbons (Fsp3) is 0.929. The van der Waals surface area contributed by atoms with Crippen molar-refractivity contribution < 1.29 is 14.6 Å². The summed E-state index contributed by atoms with van der Waals surface area (Å²) in [4.78, 5) is 12.3. The first-order valence-corrected chi connectivity index (χ1v) is 7.00. The van der Waals surface area contributed by atoms with Crippen molar-refractivity contribution in [2.24, 2.45) is 23.2 Å². The summed E-state index contributed by atoms with van der Waals surface area (Å²) < 4.78 is 5.37. The quantitative estimate of drug-likeness (QED) is 0.603. The molecular weight excluding hydrogens is 216 g/mol. The maximum atomic E-state index is 12.3. The van der Waals surface area contributed by atoms with E-state index >= 15 is 0 Å². The fourth-order valence-electron chi connectivity index (χ4n) is 4.74. The van der Waals surface area contributed by atoms with Gasteiger partial charge in [-0.2, -0.15) is 0 Å². The second-order valence-electron chi connectivity index (χ2n) is 6.41. The van der Waals surface area contributed by atoms with Crippen LogP contribution in [0.25, 0.3) is 0 Å². The Morgan fingerprint density at radius 2 is 1.65 bits per heavy atom. The van der Waals surface area contributed by atoms with Crippen LogP contribution in [0.3, 0.4) is 0 Å². The Bertz CT molecular complexity index is 275. The molecule has 3 heteroatoms. The van der Waals surface area contributed by atoms with Gasteiger partial charge in [-0.05, 0) is 56.3 Å². The summed E-state index contributed by atoms with van der Waals surface area (Å²) in [7, 11) is 0. The highest BCUT2D eigenvalue weighted by Crippen LogP contribution is 2.60. The van der Waals surface area contributed by atoms with Crippen molar-refractivity contribution in [1.29, 1.82) is 0 Å². The monoisotopic (exact) mass is 238 g/mol. The Morgan fingerprint density at radius 3 is 2.12 bits per heavy atom. The van der Waals surface area contributed by atoms with Gasteiger partial charge in [0.15, 0.2) is 0 Å². The van der Waals surface area contributed by atoms with Crippen molar-refractivity contribution >= 4 is 5.97 Å². The molecule has 1 N–H and O–H groups in total. The van der Waals surface area contributed by atoms with E-state index in [2.05, 4.69) is 0 Å². The van der Waals surface area contributed by atoms with Gasteiger partial charge in [0.05, 0.1) is 12.0 Å². The van der Waals surface area contributed by atoms with Crippen LogP contribution in [0.2, 0.25) is 0 Å². The topological polar surface area (TPSA) is 46.5 Å². The largest absolute Gasteiger partial charge is 0.465 e. The lowest BCUT2D eigenvalue weighted by molar-refractivity contribution is -0.171. The third-order valence-corrected chi connectivity index (χ3v) is 5.01. The average Bonchev–Trinajstić information content (AvgIpc) is 2.27. The zero-order valence-corrected chi connectivity index (χ0v) is 10.4. The first-order valence-electron chi connectivity index (χ1n) is 7.00. The van der Waals surface area contributed by atoms with E-state index in [1.807, 2.05) is 0 Å². The molecule has 4 aliphatic rings. The molecule has 0 radical (unpaired) electrons. The zero-order chi connectivity index (χ0) is 11.9. The predicted molar refractivity (Wildman–Crippen MR) is 63.3 cm³/mol. The van der Waals surface area contributed by atoms with E-state index < -0.39 is 0 Å². The summed E-state index contributed by atoms with van der Waals surface area (Å²) in [6.45, 7) is 0.491. The minimum Gasteiger partial charge on any atom is -0.465 e. The highest BCUT2D eigenvalue weighted by molar-refractivity contribution is 5.77. The van der Waals surface area contributed by atoms with E-state index in [0.717, 1.165) is 37.0 Å². The zero-order valence-electron chi connectivity index (χ0n) is 10.4. The lowest BCUT2D eigenvalue weighted by Crippen LogP contribution is -2.50. The van der Waals surface area contributed by atoms with Crippen LogP contribution in [-0.4, -0.2) is 24.3 Å². The molecule has 0 aromatic rings. The van der Waals surface area contributed by atoms with Crippen molar-refractivity contribution in [1.82, 2.24) is 0 Å². The number of hydrogen-bond donors (Lipinski definition) is 1. The average molecular weight is 238 g/mol. The SMILES string of the molecule is O=C(OCCCO)C12CC3CC(CC(C3)C1)C2. The second kappa shape index (κ2) is 4.27. The van der Waals surface area contributed by atoms with Gasteiger partial charge in [0.1, 0.15) is 0 Å². The fourth-order valence-corrected chi connectivity index (χ4v) is 4.74. The Labute approximate surface area is 103 Å². The van der Waals surface area contributed by atoms with Crippen LogP contribution >= 0.6 is 0 Å². The maximum absolute atomic E-state index is 12.3. The molecule has 4 fully saturated rings. The number of esters is 1. The molecule has 0 atom stereocenters. The molecule has 0 aromatic carbocycles.